The first kappa shape index (κ1) is 22.6. The Hall–Kier alpha value is -3.09. The molecule has 2 N–H and O–H groups in total. The number of halogens is 1. The Balaban J connectivity index is 0.00000132. The lowest BCUT2D eigenvalue weighted by Crippen LogP contribution is -2.13. The summed E-state index contributed by atoms with van der Waals surface area (Å²) in [5, 5.41) is 14.2. The van der Waals surface area contributed by atoms with E-state index < -0.39 is 6.10 Å². The lowest BCUT2D eigenvalue weighted by Gasteiger charge is -2.23. The Labute approximate surface area is 185 Å². The van der Waals surface area contributed by atoms with Crippen LogP contribution in [0.4, 0.5) is 10.2 Å². The molecule has 3 aromatic rings. The van der Waals surface area contributed by atoms with E-state index in [1.807, 2.05) is 32.1 Å². The van der Waals surface area contributed by atoms with Crippen LogP contribution in [0.1, 0.15) is 43.8 Å². The van der Waals surface area contributed by atoms with Gasteiger partial charge in [0.2, 0.25) is 0 Å². The van der Waals surface area contributed by atoms with Gasteiger partial charge in [-0.05, 0) is 50.2 Å². The molecule has 1 aliphatic heterocycles. The van der Waals surface area contributed by atoms with Crippen LogP contribution in [0.25, 0.3) is 11.1 Å². The molecule has 1 aromatic carbocycles. The summed E-state index contributed by atoms with van der Waals surface area (Å²) in [7, 11) is 3.66. The van der Waals surface area contributed by atoms with Gasteiger partial charge in [-0.3, -0.25) is 4.68 Å². The number of nitrogen functional groups attached to an aromatic ring is 1. The first-order valence-electron chi connectivity index (χ1n) is 9.94. The molecule has 0 radical (unpaired) electrons. The van der Waals surface area contributed by atoms with Gasteiger partial charge < -0.3 is 10.5 Å². The zero-order chi connectivity index (χ0) is 22.7. The molecule has 2 aromatic heterocycles. The highest BCUT2D eigenvalue weighted by molar-refractivity contribution is 7.97. The molecule has 1 aliphatic rings. The zero-order valence-electron chi connectivity index (χ0n) is 18.2. The second-order valence-corrected chi connectivity index (χ2v) is 8.08. The topological polar surface area (TPSA) is 93.0 Å². The quantitative estimate of drug-likeness (QED) is 0.507. The summed E-state index contributed by atoms with van der Waals surface area (Å²) in [5.41, 5.74) is 9.31. The molecule has 0 aliphatic carbocycles. The molecule has 1 unspecified atom stereocenters. The monoisotopic (exact) mass is 440 g/mol. The number of hydrogen-bond acceptors (Lipinski definition) is 7. The molecule has 162 valence electrons. The van der Waals surface area contributed by atoms with Crippen LogP contribution in [0.3, 0.4) is 0 Å². The molecule has 0 spiro atoms. The summed E-state index contributed by atoms with van der Waals surface area (Å²) < 4.78 is 23.6. The summed E-state index contributed by atoms with van der Waals surface area (Å²) in [6, 6.07) is 8.61. The number of nitrogens with zero attached hydrogens (tertiary/aromatic N) is 5. The summed E-state index contributed by atoms with van der Waals surface area (Å²) >= 11 is 1.47. The lowest BCUT2D eigenvalue weighted by molar-refractivity contribution is 0.224. The van der Waals surface area contributed by atoms with Gasteiger partial charge in [-0.1, -0.05) is 13.8 Å². The van der Waals surface area contributed by atoms with Crippen molar-refractivity contribution >= 4 is 17.8 Å². The van der Waals surface area contributed by atoms with Crippen molar-refractivity contribution in [2.45, 2.75) is 38.3 Å². The van der Waals surface area contributed by atoms with Gasteiger partial charge in [0, 0.05) is 34.8 Å². The first-order valence-corrected chi connectivity index (χ1v) is 10.7. The predicted molar refractivity (Wildman–Crippen MR) is 120 cm³/mol. The number of rotatable bonds is 0. The fourth-order valence-corrected chi connectivity index (χ4v) is 4.38. The van der Waals surface area contributed by atoms with Gasteiger partial charge in [-0.25, -0.2) is 13.7 Å². The van der Waals surface area contributed by atoms with E-state index in [4.69, 9.17) is 10.5 Å². The highest BCUT2D eigenvalue weighted by atomic mass is 32.2. The standard InChI is InChI=1S/C20H19FN6OS.C2H6/c1-11-14-7-13(21)4-5-18(14)29-26(2)10-15-19(16(8-22)27(3)25-15)12-6-17(28-11)20(23)24-9-12;1-2/h4-7,9,11H,10H2,1-3H3,(H2,23,24);1-2H3. The van der Waals surface area contributed by atoms with E-state index in [-0.39, 0.29) is 11.6 Å². The Morgan fingerprint density at radius 1 is 1.29 bits per heavy atom. The van der Waals surface area contributed by atoms with Crippen LogP contribution in [0.2, 0.25) is 0 Å². The molecule has 0 amide bonds. The fourth-order valence-electron chi connectivity index (χ4n) is 3.39. The van der Waals surface area contributed by atoms with Crippen molar-refractivity contribution in [2.75, 3.05) is 12.8 Å². The number of nitrogens with two attached hydrogens (primary N) is 1. The molecule has 1 atom stereocenters. The van der Waals surface area contributed by atoms with E-state index in [9.17, 15) is 9.65 Å². The van der Waals surface area contributed by atoms with Crippen molar-refractivity contribution in [1.29, 1.82) is 5.26 Å². The maximum Gasteiger partial charge on any atom is 0.166 e. The summed E-state index contributed by atoms with van der Waals surface area (Å²) in [5.74, 6) is 0.271. The largest absolute Gasteiger partial charge is 0.482 e. The second-order valence-electron chi connectivity index (χ2n) is 6.83. The third-order valence-corrected chi connectivity index (χ3v) is 5.75. The molecule has 0 saturated heterocycles. The molecule has 7 nitrogen and oxygen atoms in total. The van der Waals surface area contributed by atoms with Crippen LogP contribution in [0.15, 0.2) is 35.4 Å². The highest BCUT2D eigenvalue weighted by Crippen LogP contribution is 2.38. The van der Waals surface area contributed by atoms with Gasteiger partial charge >= 0.3 is 0 Å². The smallest absolute Gasteiger partial charge is 0.166 e. The fraction of sp³-hybridized carbons (Fsp3) is 0.318. The van der Waals surface area contributed by atoms with Gasteiger partial charge in [0.25, 0.3) is 0 Å². The minimum absolute atomic E-state index is 0.226. The number of anilines is 1. The van der Waals surface area contributed by atoms with Crippen LogP contribution in [-0.4, -0.2) is 26.1 Å². The normalized spacial score (nSPS) is 15.7. The third kappa shape index (κ3) is 4.50. The van der Waals surface area contributed by atoms with Crippen molar-refractivity contribution < 1.29 is 9.13 Å². The predicted octanol–water partition coefficient (Wildman–Crippen LogP) is 4.69. The van der Waals surface area contributed by atoms with E-state index in [0.29, 0.717) is 34.7 Å². The highest BCUT2D eigenvalue weighted by Gasteiger charge is 2.24. The number of nitriles is 1. The van der Waals surface area contributed by atoms with Crippen LogP contribution >= 0.6 is 11.9 Å². The van der Waals surface area contributed by atoms with Crippen LogP contribution in [-0.2, 0) is 13.6 Å². The zero-order valence-corrected chi connectivity index (χ0v) is 19.0. The van der Waals surface area contributed by atoms with Gasteiger partial charge in [-0.15, -0.1) is 0 Å². The molecule has 2 bridgehead atoms. The summed E-state index contributed by atoms with van der Waals surface area (Å²) in [6.07, 6.45) is 1.16. The Morgan fingerprint density at radius 2 is 2.03 bits per heavy atom. The molecule has 0 saturated carbocycles. The second kappa shape index (κ2) is 9.37. The number of ether oxygens (including phenoxy) is 1. The number of aromatic nitrogens is 3. The molecular formula is C22H25FN6OS. The van der Waals surface area contributed by atoms with Gasteiger partial charge in [-0.2, -0.15) is 10.4 Å². The van der Waals surface area contributed by atoms with E-state index in [1.165, 1.54) is 24.1 Å². The Bertz CT molecular complexity index is 1140. The van der Waals surface area contributed by atoms with Crippen molar-refractivity contribution in [1.82, 2.24) is 19.1 Å². The van der Waals surface area contributed by atoms with Gasteiger partial charge in [0.1, 0.15) is 23.7 Å². The molecule has 0 fully saturated rings. The number of pyridine rings is 1. The van der Waals surface area contributed by atoms with Crippen molar-refractivity contribution in [3.05, 3.63) is 53.2 Å². The molecule has 31 heavy (non-hydrogen) atoms. The molecule has 3 heterocycles. The van der Waals surface area contributed by atoms with Crippen molar-refractivity contribution in [3.8, 4) is 22.9 Å². The van der Waals surface area contributed by atoms with E-state index >= 15 is 0 Å². The van der Waals surface area contributed by atoms with Crippen molar-refractivity contribution in [2.24, 2.45) is 7.05 Å². The number of fused-ring (bicyclic) bond motifs is 5. The number of aryl methyl sites for hydroxylation is 1. The Kier molecular flexibility index (Phi) is 6.83. The maximum absolute atomic E-state index is 13.9. The minimum Gasteiger partial charge on any atom is -0.482 e. The van der Waals surface area contributed by atoms with Crippen LogP contribution < -0.4 is 10.5 Å². The SMILES string of the molecule is CC.CC1Oc2cc(cnc2N)-c2c(nn(C)c2C#N)CN(C)Sc2ccc(F)cc21. The van der Waals surface area contributed by atoms with E-state index in [0.717, 1.165) is 10.6 Å². The van der Waals surface area contributed by atoms with Gasteiger partial charge in [0.05, 0.1) is 12.2 Å². The van der Waals surface area contributed by atoms with Crippen molar-refractivity contribution in [3.63, 3.8) is 0 Å². The molecule has 4 rings (SSSR count). The third-order valence-electron chi connectivity index (χ3n) is 4.74. The Morgan fingerprint density at radius 3 is 2.74 bits per heavy atom. The molecule has 9 heteroatoms. The average Bonchev–Trinajstić information content (AvgIpc) is 3.06. The minimum atomic E-state index is -0.454. The maximum atomic E-state index is 13.9. The lowest BCUT2D eigenvalue weighted by atomic mass is 10.0. The van der Waals surface area contributed by atoms with Crippen LogP contribution in [0.5, 0.6) is 5.75 Å². The van der Waals surface area contributed by atoms with Crippen LogP contribution in [0, 0.1) is 17.1 Å². The number of hydrogen-bond donors (Lipinski definition) is 1. The first-order chi connectivity index (χ1) is 14.9. The summed E-state index contributed by atoms with van der Waals surface area (Å²) in [4.78, 5) is 5.12. The average molecular weight is 441 g/mol. The van der Waals surface area contributed by atoms with E-state index in [2.05, 4.69) is 16.2 Å². The summed E-state index contributed by atoms with van der Waals surface area (Å²) in [6.45, 7) is 6.31. The number of benzene rings is 1. The van der Waals surface area contributed by atoms with Gasteiger partial charge in [0.15, 0.2) is 11.6 Å². The van der Waals surface area contributed by atoms with E-state index in [1.54, 1.807) is 30.1 Å². The molecular weight excluding hydrogens is 415 g/mol.